The molecule has 0 aliphatic rings. The Kier molecular flexibility index (Phi) is 2.96. The third kappa shape index (κ3) is 1.55. The van der Waals surface area contributed by atoms with Crippen LogP contribution in [0.5, 0.6) is 0 Å². The highest BCUT2D eigenvalue weighted by Crippen LogP contribution is 2.23. The monoisotopic (exact) mass is 197 g/mol. The minimum Gasteiger partial charge on any atom is -0.464 e. The maximum absolute atomic E-state index is 5.57. The van der Waals surface area contributed by atoms with Gasteiger partial charge in [-0.15, -0.1) is 12.4 Å². The Balaban J connectivity index is 0.000000845. The summed E-state index contributed by atoms with van der Waals surface area (Å²) in [5, 5.41) is 1.16. The minimum atomic E-state index is 0. The van der Waals surface area contributed by atoms with Crippen LogP contribution in [0.25, 0.3) is 11.0 Å². The van der Waals surface area contributed by atoms with Gasteiger partial charge in [-0.25, -0.2) is 0 Å². The fraction of sp³-hybridized carbons (Fsp3) is 0.200. The Bertz CT molecular complexity index is 408. The van der Waals surface area contributed by atoms with Crippen LogP contribution in [0, 0.1) is 6.92 Å². The van der Waals surface area contributed by atoms with Crippen molar-refractivity contribution in [1.82, 2.24) is 0 Å². The number of aryl methyl sites for hydroxylation is 1. The van der Waals surface area contributed by atoms with Gasteiger partial charge in [-0.1, -0.05) is 18.2 Å². The van der Waals surface area contributed by atoms with Crippen LogP contribution < -0.4 is 5.73 Å². The molecule has 2 rings (SSSR count). The molecule has 0 aliphatic heterocycles. The Morgan fingerprint density at radius 2 is 2.15 bits per heavy atom. The summed E-state index contributed by atoms with van der Waals surface area (Å²) in [7, 11) is 0. The van der Waals surface area contributed by atoms with E-state index in [2.05, 4.69) is 0 Å². The SMILES string of the molecule is Cc1coc2c(CN)cccc12.Cl. The normalized spacial score (nSPS) is 10.0. The molecule has 0 radical (unpaired) electrons. The van der Waals surface area contributed by atoms with Crippen LogP contribution in [0.15, 0.2) is 28.9 Å². The smallest absolute Gasteiger partial charge is 0.138 e. The van der Waals surface area contributed by atoms with Crippen molar-refractivity contribution in [3.05, 3.63) is 35.6 Å². The Labute approximate surface area is 83.1 Å². The third-order valence-electron chi connectivity index (χ3n) is 2.09. The molecule has 13 heavy (non-hydrogen) atoms. The van der Waals surface area contributed by atoms with Crippen LogP contribution in [0.4, 0.5) is 0 Å². The molecule has 2 N–H and O–H groups in total. The summed E-state index contributed by atoms with van der Waals surface area (Å²) < 4.78 is 5.39. The van der Waals surface area contributed by atoms with Crippen LogP contribution in [-0.2, 0) is 6.54 Å². The number of fused-ring (bicyclic) bond motifs is 1. The van der Waals surface area contributed by atoms with Gasteiger partial charge in [0.15, 0.2) is 0 Å². The van der Waals surface area contributed by atoms with Gasteiger partial charge in [0.1, 0.15) is 5.58 Å². The third-order valence-corrected chi connectivity index (χ3v) is 2.09. The number of halogens is 1. The van der Waals surface area contributed by atoms with Crippen molar-refractivity contribution < 1.29 is 4.42 Å². The topological polar surface area (TPSA) is 39.2 Å². The lowest BCUT2D eigenvalue weighted by Crippen LogP contribution is -1.95. The predicted octanol–water partition coefficient (Wildman–Crippen LogP) is 2.62. The zero-order valence-electron chi connectivity index (χ0n) is 7.41. The summed E-state index contributed by atoms with van der Waals surface area (Å²) in [6, 6.07) is 6.05. The predicted molar refractivity (Wildman–Crippen MR) is 56.1 cm³/mol. The molecular weight excluding hydrogens is 186 g/mol. The molecule has 0 unspecified atom stereocenters. The molecule has 2 nitrogen and oxygen atoms in total. The van der Waals surface area contributed by atoms with Gasteiger partial charge in [0, 0.05) is 17.5 Å². The Morgan fingerprint density at radius 3 is 2.85 bits per heavy atom. The van der Waals surface area contributed by atoms with Crippen LogP contribution in [0.1, 0.15) is 11.1 Å². The van der Waals surface area contributed by atoms with Gasteiger partial charge in [-0.2, -0.15) is 0 Å². The number of hydrogen-bond acceptors (Lipinski definition) is 2. The van der Waals surface area contributed by atoms with Crippen LogP contribution in [0.3, 0.4) is 0 Å². The van der Waals surface area contributed by atoms with Crippen molar-refractivity contribution in [2.45, 2.75) is 13.5 Å². The zero-order valence-corrected chi connectivity index (χ0v) is 8.23. The highest BCUT2D eigenvalue weighted by molar-refractivity contribution is 5.85. The molecule has 1 aromatic carbocycles. The molecule has 2 aromatic rings. The lowest BCUT2D eigenvalue weighted by atomic mass is 10.1. The molecule has 0 atom stereocenters. The number of benzene rings is 1. The molecule has 1 heterocycles. The second-order valence-electron chi connectivity index (χ2n) is 2.92. The first-order chi connectivity index (χ1) is 5.83. The van der Waals surface area contributed by atoms with Crippen LogP contribution in [-0.4, -0.2) is 0 Å². The summed E-state index contributed by atoms with van der Waals surface area (Å²) in [4.78, 5) is 0. The largest absolute Gasteiger partial charge is 0.464 e. The maximum atomic E-state index is 5.57. The number of rotatable bonds is 1. The van der Waals surface area contributed by atoms with Crippen molar-refractivity contribution in [2.24, 2.45) is 5.73 Å². The van der Waals surface area contributed by atoms with E-state index in [1.54, 1.807) is 6.26 Å². The van der Waals surface area contributed by atoms with Gasteiger partial charge in [-0.05, 0) is 12.5 Å². The number of nitrogens with two attached hydrogens (primary N) is 1. The molecular formula is C10H12ClNO. The zero-order chi connectivity index (χ0) is 8.55. The molecule has 0 saturated heterocycles. The second kappa shape index (κ2) is 3.81. The molecule has 0 aliphatic carbocycles. The van der Waals surface area contributed by atoms with Crippen molar-refractivity contribution in [2.75, 3.05) is 0 Å². The molecule has 3 heteroatoms. The van der Waals surface area contributed by atoms with Crippen LogP contribution >= 0.6 is 12.4 Å². The van der Waals surface area contributed by atoms with Crippen molar-refractivity contribution in [1.29, 1.82) is 0 Å². The van der Waals surface area contributed by atoms with E-state index in [1.807, 2.05) is 25.1 Å². The quantitative estimate of drug-likeness (QED) is 0.764. The summed E-state index contributed by atoms with van der Waals surface area (Å²) in [5.41, 5.74) is 8.73. The van der Waals surface area contributed by atoms with Gasteiger partial charge >= 0.3 is 0 Å². The lowest BCUT2D eigenvalue weighted by Gasteiger charge is -1.96. The van der Waals surface area contributed by atoms with E-state index in [1.165, 1.54) is 5.56 Å². The fourth-order valence-corrected chi connectivity index (χ4v) is 1.41. The van der Waals surface area contributed by atoms with Gasteiger partial charge in [0.25, 0.3) is 0 Å². The van der Waals surface area contributed by atoms with Gasteiger partial charge in [0.2, 0.25) is 0 Å². The Hall–Kier alpha value is -0.990. The fourth-order valence-electron chi connectivity index (χ4n) is 1.41. The van der Waals surface area contributed by atoms with Crippen molar-refractivity contribution in [3.63, 3.8) is 0 Å². The van der Waals surface area contributed by atoms with Gasteiger partial charge in [0.05, 0.1) is 6.26 Å². The lowest BCUT2D eigenvalue weighted by molar-refractivity contribution is 0.608. The average molecular weight is 198 g/mol. The first kappa shape index (κ1) is 10.1. The molecule has 0 spiro atoms. The number of furan rings is 1. The maximum Gasteiger partial charge on any atom is 0.138 e. The first-order valence-corrected chi connectivity index (χ1v) is 3.98. The van der Waals surface area contributed by atoms with Crippen molar-refractivity contribution >= 4 is 23.4 Å². The van der Waals surface area contributed by atoms with E-state index >= 15 is 0 Å². The molecule has 70 valence electrons. The van der Waals surface area contributed by atoms with E-state index in [0.717, 1.165) is 16.5 Å². The van der Waals surface area contributed by atoms with E-state index in [0.29, 0.717) is 6.54 Å². The minimum absolute atomic E-state index is 0. The van der Waals surface area contributed by atoms with Crippen LogP contribution in [0.2, 0.25) is 0 Å². The van der Waals surface area contributed by atoms with E-state index in [4.69, 9.17) is 10.2 Å². The average Bonchev–Trinajstić information content (AvgIpc) is 2.48. The number of hydrogen-bond donors (Lipinski definition) is 1. The summed E-state index contributed by atoms with van der Waals surface area (Å²) >= 11 is 0. The molecule has 1 aromatic heterocycles. The van der Waals surface area contributed by atoms with E-state index in [-0.39, 0.29) is 12.4 Å². The number of para-hydroxylation sites is 1. The van der Waals surface area contributed by atoms with Gasteiger partial charge < -0.3 is 10.2 Å². The Morgan fingerprint density at radius 1 is 1.38 bits per heavy atom. The van der Waals surface area contributed by atoms with E-state index < -0.39 is 0 Å². The first-order valence-electron chi connectivity index (χ1n) is 3.98. The summed E-state index contributed by atoms with van der Waals surface area (Å²) in [6.45, 7) is 2.57. The second-order valence-corrected chi connectivity index (χ2v) is 2.92. The molecule has 0 amide bonds. The molecule has 0 bridgehead atoms. The standard InChI is InChI=1S/C10H11NO.ClH/c1-7-6-12-10-8(5-11)3-2-4-9(7)10;/h2-4,6H,5,11H2,1H3;1H. The summed E-state index contributed by atoms with van der Waals surface area (Å²) in [6.07, 6.45) is 1.77. The highest BCUT2D eigenvalue weighted by atomic mass is 35.5. The highest BCUT2D eigenvalue weighted by Gasteiger charge is 2.04. The summed E-state index contributed by atoms with van der Waals surface area (Å²) in [5.74, 6) is 0. The van der Waals surface area contributed by atoms with Gasteiger partial charge in [-0.3, -0.25) is 0 Å². The van der Waals surface area contributed by atoms with E-state index in [9.17, 15) is 0 Å². The molecule has 0 fully saturated rings. The molecule has 0 saturated carbocycles. The van der Waals surface area contributed by atoms with Crippen molar-refractivity contribution in [3.8, 4) is 0 Å².